The minimum absolute atomic E-state index is 0.227. The van der Waals surface area contributed by atoms with Gasteiger partial charge in [0, 0.05) is 22.6 Å². The van der Waals surface area contributed by atoms with Gasteiger partial charge in [-0.25, -0.2) is 4.79 Å². The van der Waals surface area contributed by atoms with Crippen LogP contribution in [-0.2, 0) is 4.74 Å². The molecule has 0 radical (unpaired) electrons. The van der Waals surface area contributed by atoms with Gasteiger partial charge >= 0.3 is 5.97 Å². The Labute approximate surface area is 163 Å². The number of esters is 1. The molecule has 2 aliphatic heterocycles. The number of para-hydroxylation sites is 1. The van der Waals surface area contributed by atoms with Crippen molar-refractivity contribution in [2.45, 2.75) is 0 Å². The molecule has 0 unspecified atom stereocenters. The molecule has 0 N–H and O–H groups in total. The van der Waals surface area contributed by atoms with E-state index in [1.807, 2.05) is 42.5 Å². The van der Waals surface area contributed by atoms with Crippen LogP contribution in [0.4, 0.5) is 0 Å². The van der Waals surface area contributed by atoms with E-state index in [0.717, 1.165) is 10.2 Å². The van der Waals surface area contributed by atoms with E-state index in [-0.39, 0.29) is 11.1 Å². The predicted molar refractivity (Wildman–Crippen MR) is 105 cm³/mol. The number of fused-ring (bicyclic) bond motifs is 1. The van der Waals surface area contributed by atoms with Gasteiger partial charge in [-0.2, -0.15) is 9.78 Å². The Morgan fingerprint density at radius 2 is 1.70 bits per heavy atom. The summed E-state index contributed by atoms with van der Waals surface area (Å²) in [5.74, 6) is -0.552. The highest BCUT2D eigenvalue weighted by atomic mass is 79.9. The zero-order valence-electron chi connectivity index (χ0n) is 14.3. The van der Waals surface area contributed by atoms with E-state index < -0.39 is 5.97 Å². The van der Waals surface area contributed by atoms with Crippen molar-refractivity contribution in [3.05, 3.63) is 87.4 Å². The molecule has 6 nitrogen and oxygen atoms in total. The van der Waals surface area contributed by atoms with Crippen LogP contribution in [0.1, 0.15) is 10.4 Å². The second-order valence-electron chi connectivity index (χ2n) is 5.86. The molecule has 0 spiro atoms. The molecule has 27 heavy (non-hydrogen) atoms. The van der Waals surface area contributed by atoms with E-state index in [0.29, 0.717) is 16.9 Å². The van der Waals surface area contributed by atoms with Gasteiger partial charge in [-0.3, -0.25) is 4.79 Å². The lowest BCUT2D eigenvalue weighted by molar-refractivity contribution is 0.0600. The van der Waals surface area contributed by atoms with Crippen LogP contribution >= 0.6 is 15.9 Å². The average Bonchev–Trinajstić information content (AvgIpc) is 3.04. The molecule has 0 fully saturated rings. The second-order valence-corrected chi connectivity index (χ2v) is 6.78. The summed E-state index contributed by atoms with van der Waals surface area (Å²) >= 11 is 3.40. The number of aromatic nitrogens is 3. The van der Waals surface area contributed by atoms with Crippen molar-refractivity contribution in [1.82, 2.24) is 14.3 Å². The highest BCUT2D eigenvalue weighted by molar-refractivity contribution is 9.10. The zero-order chi connectivity index (χ0) is 19.0. The molecule has 0 saturated carbocycles. The van der Waals surface area contributed by atoms with E-state index in [4.69, 9.17) is 4.74 Å². The normalized spacial score (nSPS) is 10.9. The van der Waals surface area contributed by atoms with Crippen molar-refractivity contribution >= 4 is 21.9 Å². The Hall–Kier alpha value is -3.19. The predicted octanol–water partition coefficient (Wildman–Crippen LogP) is 3.68. The molecule has 0 aromatic heterocycles. The van der Waals surface area contributed by atoms with Crippen LogP contribution in [0.3, 0.4) is 0 Å². The lowest BCUT2D eigenvalue weighted by Gasteiger charge is -2.11. The SMILES string of the molecule is COC(=O)c1cn(-c2ccc(Br)cc2)cc2c(=O)n(-c3ccccc3)nc1-2. The standard InChI is InChI=1S/C20H14BrN3O3/c1-27-20(26)17-12-23(14-9-7-13(21)8-10-14)11-16-18(17)22-24(19(16)25)15-5-3-2-4-6-15/h2-12H,1H3. The van der Waals surface area contributed by atoms with Crippen LogP contribution in [0, 0.1) is 0 Å². The van der Waals surface area contributed by atoms with Crippen molar-refractivity contribution in [1.29, 1.82) is 0 Å². The Morgan fingerprint density at radius 1 is 1.00 bits per heavy atom. The third-order valence-electron chi connectivity index (χ3n) is 4.20. The molecule has 0 bridgehead atoms. The number of methoxy groups -OCH3 is 1. The summed E-state index contributed by atoms with van der Waals surface area (Å²) in [5.41, 5.74) is 2.01. The van der Waals surface area contributed by atoms with Gasteiger partial charge in [0.15, 0.2) is 0 Å². The van der Waals surface area contributed by atoms with Crippen LogP contribution in [0.5, 0.6) is 0 Å². The fourth-order valence-corrected chi connectivity index (χ4v) is 3.14. The fourth-order valence-electron chi connectivity index (χ4n) is 2.87. The van der Waals surface area contributed by atoms with Crippen molar-refractivity contribution in [3.63, 3.8) is 0 Å². The molecular weight excluding hydrogens is 410 g/mol. The first-order valence-electron chi connectivity index (χ1n) is 8.13. The maximum atomic E-state index is 13.0. The molecule has 2 aromatic carbocycles. The first-order chi connectivity index (χ1) is 13.1. The van der Waals surface area contributed by atoms with Crippen LogP contribution in [0.25, 0.3) is 22.6 Å². The smallest absolute Gasteiger partial charge is 0.341 e. The van der Waals surface area contributed by atoms with Crippen molar-refractivity contribution in [3.8, 4) is 22.6 Å². The molecule has 0 saturated heterocycles. The Balaban J connectivity index is 1.99. The van der Waals surface area contributed by atoms with E-state index in [1.54, 1.807) is 29.1 Å². The molecule has 0 amide bonds. The molecule has 2 heterocycles. The highest BCUT2D eigenvalue weighted by Gasteiger charge is 2.25. The number of carbonyl (C=O) groups is 1. The lowest BCUT2D eigenvalue weighted by atomic mass is 10.1. The quantitative estimate of drug-likeness (QED) is 0.471. The first kappa shape index (κ1) is 17.2. The largest absolute Gasteiger partial charge is 0.465 e. The summed E-state index contributed by atoms with van der Waals surface area (Å²) in [4.78, 5) is 25.3. The summed E-state index contributed by atoms with van der Waals surface area (Å²) in [6, 6.07) is 16.6. The van der Waals surface area contributed by atoms with E-state index >= 15 is 0 Å². The summed E-state index contributed by atoms with van der Waals surface area (Å²) in [6.07, 6.45) is 3.30. The number of hydrogen-bond acceptors (Lipinski definition) is 4. The maximum Gasteiger partial charge on any atom is 0.341 e. The van der Waals surface area contributed by atoms with Gasteiger partial charge in [-0.1, -0.05) is 34.1 Å². The summed E-state index contributed by atoms with van der Waals surface area (Å²) in [7, 11) is 1.30. The van der Waals surface area contributed by atoms with Gasteiger partial charge in [-0.15, -0.1) is 0 Å². The second kappa shape index (κ2) is 6.85. The maximum absolute atomic E-state index is 13.0. The Bertz CT molecular complexity index is 1150. The van der Waals surface area contributed by atoms with Crippen molar-refractivity contribution in [2.24, 2.45) is 0 Å². The molecule has 2 aromatic rings. The van der Waals surface area contributed by atoms with E-state index in [9.17, 15) is 9.59 Å². The van der Waals surface area contributed by atoms with E-state index in [2.05, 4.69) is 21.0 Å². The van der Waals surface area contributed by atoms with Gasteiger partial charge in [0.25, 0.3) is 5.56 Å². The summed E-state index contributed by atoms with van der Waals surface area (Å²) in [6.45, 7) is 0. The number of pyridine rings is 1. The minimum atomic E-state index is -0.552. The van der Waals surface area contributed by atoms with Gasteiger partial charge in [0.05, 0.1) is 18.4 Å². The number of carbonyl (C=O) groups excluding carboxylic acids is 1. The van der Waals surface area contributed by atoms with Crippen LogP contribution < -0.4 is 5.56 Å². The van der Waals surface area contributed by atoms with Crippen molar-refractivity contribution in [2.75, 3.05) is 7.11 Å². The number of hydrogen-bond donors (Lipinski definition) is 0. The van der Waals surface area contributed by atoms with Crippen LogP contribution in [-0.4, -0.2) is 27.4 Å². The van der Waals surface area contributed by atoms with Crippen LogP contribution in [0.15, 0.2) is 76.3 Å². The third-order valence-corrected chi connectivity index (χ3v) is 4.73. The van der Waals surface area contributed by atoms with E-state index in [1.165, 1.54) is 11.8 Å². The number of nitrogens with zero attached hydrogens (tertiary/aromatic N) is 3. The van der Waals surface area contributed by atoms with Gasteiger partial charge in [0.2, 0.25) is 0 Å². The molecular formula is C20H14BrN3O3. The molecule has 2 aliphatic rings. The Morgan fingerprint density at radius 3 is 2.37 bits per heavy atom. The first-order valence-corrected chi connectivity index (χ1v) is 8.92. The number of benzene rings is 2. The summed E-state index contributed by atoms with van der Waals surface area (Å²) in [5, 5.41) is 4.38. The monoisotopic (exact) mass is 423 g/mol. The lowest BCUT2D eigenvalue weighted by Crippen LogP contribution is -2.15. The third kappa shape index (κ3) is 3.06. The molecule has 7 heteroatoms. The number of rotatable bonds is 3. The van der Waals surface area contributed by atoms with Crippen molar-refractivity contribution < 1.29 is 9.53 Å². The zero-order valence-corrected chi connectivity index (χ0v) is 15.9. The molecule has 134 valence electrons. The summed E-state index contributed by atoms with van der Waals surface area (Å²) < 4.78 is 8.85. The van der Waals surface area contributed by atoms with Gasteiger partial charge in [0.1, 0.15) is 11.3 Å². The van der Waals surface area contributed by atoms with Gasteiger partial charge < -0.3 is 9.30 Å². The molecule has 0 atom stereocenters. The van der Waals surface area contributed by atoms with Crippen LogP contribution in [0.2, 0.25) is 0 Å². The Kier molecular flexibility index (Phi) is 4.37. The minimum Gasteiger partial charge on any atom is -0.465 e. The highest BCUT2D eigenvalue weighted by Crippen LogP contribution is 2.25. The number of halogens is 1. The topological polar surface area (TPSA) is 66.1 Å². The molecule has 4 rings (SSSR count). The van der Waals surface area contributed by atoms with Gasteiger partial charge in [-0.05, 0) is 36.4 Å². The number of ether oxygens (including phenoxy) is 1. The fraction of sp³-hybridized carbons (Fsp3) is 0.0500. The molecule has 0 aliphatic carbocycles. The average molecular weight is 424 g/mol.